The van der Waals surface area contributed by atoms with Gasteiger partial charge in [0.25, 0.3) is 0 Å². The van der Waals surface area contributed by atoms with Crippen molar-refractivity contribution in [3.63, 3.8) is 0 Å². The highest BCUT2D eigenvalue weighted by Gasteiger charge is 2.19. The van der Waals surface area contributed by atoms with Crippen LogP contribution in [-0.2, 0) is 16.6 Å². The van der Waals surface area contributed by atoms with Crippen LogP contribution < -0.4 is 10.5 Å². The maximum Gasteiger partial charge on any atom is 0.241 e. The first kappa shape index (κ1) is 14.6. The van der Waals surface area contributed by atoms with E-state index in [0.29, 0.717) is 16.3 Å². The molecule has 0 aliphatic carbocycles. The third kappa shape index (κ3) is 4.39. The molecule has 1 aromatic heterocycles. The first-order chi connectivity index (χ1) is 7.76. The van der Waals surface area contributed by atoms with Crippen LogP contribution in [0.15, 0.2) is 16.3 Å². The Morgan fingerprint density at radius 3 is 2.59 bits per heavy atom. The molecule has 0 aromatic carbocycles. The maximum atomic E-state index is 12.0. The van der Waals surface area contributed by atoms with Gasteiger partial charge < -0.3 is 5.73 Å². The van der Waals surface area contributed by atoms with Gasteiger partial charge in [-0.1, -0.05) is 20.8 Å². The molecule has 6 heteroatoms. The van der Waals surface area contributed by atoms with Crippen LogP contribution >= 0.6 is 11.3 Å². The first-order valence-corrected chi connectivity index (χ1v) is 7.89. The molecule has 0 fully saturated rings. The predicted octanol–water partition coefficient (Wildman–Crippen LogP) is 1.92. The van der Waals surface area contributed by atoms with Crippen LogP contribution in [0.25, 0.3) is 0 Å². The van der Waals surface area contributed by atoms with Crippen molar-refractivity contribution in [1.29, 1.82) is 0 Å². The molecule has 1 aromatic rings. The van der Waals surface area contributed by atoms with Gasteiger partial charge in [0.15, 0.2) is 0 Å². The summed E-state index contributed by atoms with van der Waals surface area (Å²) in [7, 11) is -3.40. The molecular formula is C11H20N2O2S2. The number of rotatable bonds is 5. The Labute approximate surface area is 107 Å². The molecule has 0 saturated carbocycles. The normalized spacial score (nSPS) is 12.9. The molecule has 0 bridgehead atoms. The van der Waals surface area contributed by atoms with Gasteiger partial charge in [0.1, 0.15) is 0 Å². The fourth-order valence-electron chi connectivity index (χ4n) is 1.36. The van der Waals surface area contributed by atoms with E-state index in [-0.39, 0.29) is 12.0 Å². The van der Waals surface area contributed by atoms with Crippen molar-refractivity contribution in [3.8, 4) is 0 Å². The second-order valence-corrected chi connectivity index (χ2v) is 7.86. The molecule has 17 heavy (non-hydrogen) atoms. The third-order valence-corrected chi connectivity index (χ3v) is 4.96. The summed E-state index contributed by atoms with van der Waals surface area (Å²) in [6.45, 7) is 6.95. The predicted molar refractivity (Wildman–Crippen MR) is 71.5 cm³/mol. The summed E-state index contributed by atoms with van der Waals surface area (Å²) in [6, 6.07) is 1.60. The lowest BCUT2D eigenvalue weighted by molar-refractivity contribution is 0.378. The van der Waals surface area contributed by atoms with E-state index < -0.39 is 10.0 Å². The summed E-state index contributed by atoms with van der Waals surface area (Å²) < 4.78 is 26.6. The van der Waals surface area contributed by atoms with Gasteiger partial charge in [-0.05, 0) is 23.3 Å². The van der Waals surface area contributed by atoms with Gasteiger partial charge in [0, 0.05) is 18.0 Å². The highest BCUT2D eigenvalue weighted by molar-refractivity contribution is 7.89. The van der Waals surface area contributed by atoms with Gasteiger partial charge in [-0.15, -0.1) is 11.3 Å². The molecule has 0 saturated heterocycles. The fraction of sp³-hybridized carbons (Fsp3) is 0.636. The van der Waals surface area contributed by atoms with E-state index in [1.54, 1.807) is 11.4 Å². The number of nitrogens with two attached hydrogens (primary N) is 1. The largest absolute Gasteiger partial charge is 0.326 e. The van der Waals surface area contributed by atoms with Gasteiger partial charge in [0.2, 0.25) is 10.0 Å². The molecule has 0 atom stereocenters. The number of nitrogens with one attached hydrogen (secondary N) is 1. The number of sulfonamides is 1. The van der Waals surface area contributed by atoms with Crippen molar-refractivity contribution >= 4 is 21.4 Å². The minimum absolute atomic E-state index is 0.119. The SMILES string of the molecule is CC(C)(C)CCNS(=O)(=O)c1ccsc1CN. The molecule has 0 aliphatic heterocycles. The summed E-state index contributed by atoms with van der Waals surface area (Å²) in [5.74, 6) is 0. The van der Waals surface area contributed by atoms with E-state index in [0.717, 1.165) is 6.42 Å². The van der Waals surface area contributed by atoms with Crippen LogP contribution in [0.4, 0.5) is 0 Å². The zero-order chi connectivity index (χ0) is 13.1. The maximum absolute atomic E-state index is 12.0. The van der Waals surface area contributed by atoms with Gasteiger partial charge in [-0.2, -0.15) is 0 Å². The Kier molecular flexibility index (Phi) is 4.71. The standard InChI is InChI=1S/C11H20N2O2S2/c1-11(2,3)5-6-13-17(14,15)10-4-7-16-9(10)8-12/h4,7,13H,5-6,8,12H2,1-3H3. The van der Waals surface area contributed by atoms with Crippen molar-refractivity contribution in [1.82, 2.24) is 4.72 Å². The monoisotopic (exact) mass is 276 g/mol. The van der Waals surface area contributed by atoms with E-state index in [4.69, 9.17) is 5.73 Å². The second kappa shape index (κ2) is 5.48. The summed E-state index contributed by atoms with van der Waals surface area (Å²) in [5, 5.41) is 1.75. The molecule has 0 radical (unpaired) electrons. The lowest BCUT2D eigenvalue weighted by Crippen LogP contribution is -2.28. The Hall–Kier alpha value is -0.430. The Morgan fingerprint density at radius 2 is 2.06 bits per heavy atom. The molecule has 0 unspecified atom stereocenters. The van der Waals surface area contributed by atoms with E-state index in [1.165, 1.54) is 11.3 Å². The van der Waals surface area contributed by atoms with Gasteiger partial charge >= 0.3 is 0 Å². The van der Waals surface area contributed by atoms with Crippen LogP contribution in [0.1, 0.15) is 32.1 Å². The summed E-state index contributed by atoms with van der Waals surface area (Å²) in [6.07, 6.45) is 0.800. The average molecular weight is 276 g/mol. The molecular weight excluding hydrogens is 256 g/mol. The molecule has 0 aliphatic rings. The van der Waals surface area contributed by atoms with E-state index in [1.807, 2.05) is 0 Å². The summed E-state index contributed by atoms with van der Waals surface area (Å²) in [4.78, 5) is 1.02. The number of hydrogen-bond donors (Lipinski definition) is 2. The van der Waals surface area contributed by atoms with Crippen LogP contribution in [-0.4, -0.2) is 15.0 Å². The molecule has 3 N–H and O–H groups in total. The van der Waals surface area contributed by atoms with Crippen LogP contribution in [0.2, 0.25) is 0 Å². The van der Waals surface area contributed by atoms with Gasteiger partial charge in [-0.3, -0.25) is 0 Å². The Morgan fingerprint density at radius 1 is 1.41 bits per heavy atom. The van der Waals surface area contributed by atoms with Crippen molar-refractivity contribution in [3.05, 3.63) is 16.3 Å². The zero-order valence-corrected chi connectivity index (χ0v) is 12.1. The van der Waals surface area contributed by atoms with Crippen molar-refractivity contribution in [2.75, 3.05) is 6.54 Å². The minimum Gasteiger partial charge on any atom is -0.326 e. The molecule has 4 nitrogen and oxygen atoms in total. The lowest BCUT2D eigenvalue weighted by atomic mass is 9.93. The summed E-state index contributed by atoms with van der Waals surface area (Å²) >= 11 is 1.37. The Bertz CT molecular complexity index is 458. The smallest absolute Gasteiger partial charge is 0.241 e. The molecule has 0 amide bonds. The van der Waals surface area contributed by atoms with Crippen molar-refractivity contribution in [2.24, 2.45) is 11.1 Å². The van der Waals surface area contributed by atoms with Crippen molar-refractivity contribution < 1.29 is 8.42 Å². The summed E-state index contributed by atoms with van der Waals surface area (Å²) in [5.41, 5.74) is 5.63. The van der Waals surface area contributed by atoms with Gasteiger partial charge in [-0.25, -0.2) is 13.1 Å². The van der Waals surface area contributed by atoms with Crippen LogP contribution in [0, 0.1) is 5.41 Å². The third-order valence-electron chi connectivity index (χ3n) is 2.35. The van der Waals surface area contributed by atoms with Crippen molar-refractivity contribution in [2.45, 2.75) is 38.6 Å². The first-order valence-electron chi connectivity index (χ1n) is 5.52. The zero-order valence-electron chi connectivity index (χ0n) is 10.5. The highest BCUT2D eigenvalue weighted by Crippen LogP contribution is 2.22. The fourth-order valence-corrected chi connectivity index (χ4v) is 3.72. The quantitative estimate of drug-likeness (QED) is 0.863. The number of hydrogen-bond acceptors (Lipinski definition) is 4. The molecule has 0 spiro atoms. The van der Waals surface area contributed by atoms with E-state index in [9.17, 15) is 8.42 Å². The van der Waals surface area contributed by atoms with E-state index in [2.05, 4.69) is 25.5 Å². The average Bonchev–Trinajstić information content (AvgIpc) is 2.63. The second-order valence-electron chi connectivity index (χ2n) is 5.12. The van der Waals surface area contributed by atoms with Crippen LogP contribution in [0.5, 0.6) is 0 Å². The molecule has 1 heterocycles. The van der Waals surface area contributed by atoms with E-state index >= 15 is 0 Å². The molecule has 1 rings (SSSR count). The highest BCUT2D eigenvalue weighted by atomic mass is 32.2. The topological polar surface area (TPSA) is 72.2 Å². The lowest BCUT2D eigenvalue weighted by Gasteiger charge is -2.18. The molecule has 98 valence electrons. The van der Waals surface area contributed by atoms with Gasteiger partial charge in [0.05, 0.1) is 4.90 Å². The van der Waals surface area contributed by atoms with Crippen LogP contribution in [0.3, 0.4) is 0 Å². The Balaban J connectivity index is 2.70. The minimum atomic E-state index is -3.40. The number of thiophene rings is 1.